The van der Waals surface area contributed by atoms with Crippen LogP contribution in [0.5, 0.6) is 5.75 Å². The molecule has 142 valence electrons. The average molecular weight is 371 g/mol. The summed E-state index contributed by atoms with van der Waals surface area (Å²) >= 11 is 0. The minimum Gasteiger partial charge on any atom is -0.495 e. The number of methoxy groups -OCH3 is 1. The minimum absolute atomic E-state index is 0.0379. The van der Waals surface area contributed by atoms with Crippen molar-refractivity contribution in [2.45, 2.75) is 26.2 Å². The molecule has 0 aromatic heterocycles. The number of nitro benzene ring substituents is 1. The van der Waals surface area contributed by atoms with Gasteiger partial charge in [-0.2, -0.15) is 0 Å². The maximum atomic E-state index is 12.3. The molecule has 0 heterocycles. The summed E-state index contributed by atoms with van der Waals surface area (Å²) in [6, 6.07) is 10.9. The van der Waals surface area contributed by atoms with Gasteiger partial charge in [-0.3, -0.25) is 19.7 Å². The lowest BCUT2D eigenvalue weighted by atomic mass is 9.86. The van der Waals surface area contributed by atoms with Crippen molar-refractivity contribution in [2.24, 2.45) is 0 Å². The molecule has 8 heteroatoms. The summed E-state index contributed by atoms with van der Waals surface area (Å²) in [5.74, 6) is -1.64. The Hall–Kier alpha value is -3.42. The quantitative estimate of drug-likeness (QED) is 0.486. The molecular formula is C19H21N3O5. The Bertz CT molecular complexity index is 887. The van der Waals surface area contributed by atoms with Gasteiger partial charge in [0.15, 0.2) is 0 Å². The van der Waals surface area contributed by atoms with Crippen molar-refractivity contribution in [2.75, 3.05) is 17.7 Å². The van der Waals surface area contributed by atoms with Crippen LogP contribution < -0.4 is 15.4 Å². The van der Waals surface area contributed by atoms with Crippen molar-refractivity contribution in [3.05, 3.63) is 58.1 Å². The van der Waals surface area contributed by atoms with E-state index in [1.165, 1.54) is 19.2 Å². The highest BCUT2D eigenvalue weighted by atomic mass is 16.6. The van der Waals surface area contributed by atoms with Crippen molar-refractivity contribution in [1.29, 1.82) is 0 Å². The summed E-state index contributed by atoms with van der Waals surface area (Å²) in [4.78, 5) is 34.9. The summed E-state index contributed by atoms with van der Waals surface area (Å²) in [5.41, 5.74) is 0.972. The lowest BCUT2D eigenvalue weighted by molar-refractivity contribution is -0.384. The molecule has 2 aromatic carbocycles. The molecule has 2 rings (SSSR count). The SMILES string of the molecule is COc1ccc([N+](=O)[O-])cc1NC(=O)C(=O)Nc1ccccc1C(C)(C)C. The van der Waals surface area contributed by atoms with Gasteiger partial charge in [-0.05, 0) is 23.1 Å². The Balaban J connectivity index is 2.22. The predicted octanol–water partition coefficient (Wildman–Crippen LogP) is 3.48. The molecule has 2 amide bonds. The summed E-state index contributed by atoms with van der Waals surface area (Å²) < 4.78 is 5.07. The van der Waals surface area contributed by atoms with Crippen molar-refractivity contribution in [3.8, 4) is 5.75 Å². The number of nitrogens with one attached hydrogen (secondary N) is 2. The zero-order valence-corrected chi connectivity index (χ0v) is 15.5. The van der Waals surface area contributed by atoms with Gasteiger partial charge in [0.25, 0.3) is 5.69 Å². The molecule has 0 atom stereocenters. The standard InChI is InChI=1S/C19H21N3O5/c1-19(2,3)13-7-5-6-8-14(13)20-17(23)18(24)21-15-11-12(22(25)26)9-10-16(15)27-4/h5-11H,1-4H3,(H,20,23)(H,21,24). The molecule has 0 aliphatic rings. The van der Waals surface area contributed by atoms with Gasteiger partial charge in [0, 0.05) is 17.8 Å². The van der Waals surface area contributed by atoms with E-state index in [1.54, 1.807) is 12.1 Å². The lowest BCUT2D eigenvalue weighted by Crippen LogP contribution is -2.30. The summed E-state index contributed by atoms with van der Waals surface area (Å²) in [5, 5.41) is 15.9. The predicted molar refractivity (Wildman–Crippen MR) is 102 cm³/mol. The first kappa shape index (κ1) is 19.9. The van der Waals surface area contributed by atoms with Crippen molar-refractivity contribution in [1.82, 2.24) is 0 Å². The second kappa shape index (κ2) is 7.86. The van der Waals surface area contributed by atoms with Gasteiger partial charge in [0.2, 0.25) is 0 Å². The maximum absolute atomic E-state index is 12.3. The van der Waals surface area contributed by atoms with Crippen LogP contribution >= 0.6 is 0 Å². The number of carbonyl (C=O) groups excluding carboxylic acids is 2. The van der Waals surface area contributed by atoms with Crippen LogP contribution in [0.25, 0.3) is 0 Å². The number of benzene rings is 2. The molecule has 0 fully saturated rings. The van der Waals surface area contributed by atoms with E-state index in [4.69, 9.17) is 4.74 Å². The summed E-state index contributed by atoms with van der Waals surface area (Å²) in [7, 11) is 1.36. The number of rotatable bonds is 4. The third-order valence-corrected chi connectivity index (χ3v) is 3.83. The number of hydrogen-bond donors (Lipinski definition) is 2. The molecule has 2 aromatic rings. The van der Waals surface area contributed by atoms with Crippen molar-refractivity contribution < 1.29 is 19.2 Å². The zero-order chi connectivity index (χ0) is 20.2. The topological polar surface area (TPSA) is 111 Å². The van der Waals surface area contributed by atoms with E-state index in [2.05, 4.69) is 10.6 Å². The number of amides is 2. The third kappa shape index (κ3) is 4.81. The molecule has 0 spiro atoms. The number of ether oxygens (including phenoxy) is 1. The third-order valence-electron chi connectivity index (χ3n) is 3.83. The van der Waals surface area contributed by atoms with Crippen LogP contribution in [0.3, 0.4) is 0 Å². The van der Waals surface area contributed by atoms with E-state index < -0.39 is 16.7 Å². The second-order valence-corrected chi connectivity index (χ2v) is 6.85. The second-order valence-electron chi connectivity index (χ2n) is 6.85. The van der Waals surface area contributed by atoms with Crippen LogP contribution in [-0.4, -0.2) is 23.8 Å². The highest BCUT2D eigenvalue weighted by Crippen LogP contribution is 2.30. The Morgan fingerprint density at radius 3 is 2.15 bits per heavy atom. The summed E-state index contributed by atoms with van der Waals surface area (Å²) in [6.07, 6.45) is 0. The van der Waals surface area contributed by atoms with Crippen LogP contribution in [0.1, 0.15) is 26.3 Å². The number of hydrogen-bond acceptors (Lipinski definition) is 5. The first-order valence-electron chi connectivity index (χ1n) is 8.17. The van der Waals surface area contributed by atoms with Crippen LogP contribution in [-0.2, 0) is 15.0 Å². The van der Waals surface area contributed by atoms with Gasteiger partial charge < -0.3 is 15.4 Å². The Labute approximate surface area is 156 Å². The fourth-order valence-corrected chi connectivity index (χ4v) is 2.51. The van der Waals surface area contributed by atoms with E-state index >= 15 is 0 Å². The minimum atomic E-state index is -0.961. The van der Waals surface area contributed by atoms with Crippen molar-refractivity contribution in [3.63, 3.8) is 0 Å². The number of carbonyl (C=O) groups is 2. The van der Waals surface area contributed by atoms with Gasteiger partial charge in [0.05, 0.1) is 17.7 Å². The van der Waals surface area contributed by atoms with Crippen LogP contribution in [0.15, 0.2) is 42.5 Å². The van der Waals surface area contributed by atoms with E-state index in [0.717, 1.165) is 11.6 Å². The monoisotopic (exact) mass is 371 g/mol. The Morgan fingerprint density at radius 1 is 1.00 bits per heavy atom. The molecular weight excluding hydrogens is 350 g/mol. The zero-order valence-electron chi connectivity index (χ0n) is 15.5. The molecule has 0 aliphatic carbocycles. The lowest BCUT2D eigenvalue weighted by Gasteiger charge is -2.22. The Morgan fingerprint density at radius 2 is 1.59 bits per heavy atom. The van der Waals surface area contributed by atoms with E-state index in [-0.39, 0.29) is 22.5 Å². The molecule has 0 saturated heterocycles. The van der Waals surface area contributed by atoms with Gasteiger partial charge in [-0.25, -0.2) is 0 Å². The highest BCUT2D eigenvalue weighted by molar-refractivity contribution is 6.43. The number of para-hydroxylation sites is 1. The van der Waals surface area contributed by atoms with Crippen LogP contribution in [0.4, 0.5) is 17.1 Å². The number of nitrogens with zero attached hydrogens (tertiary/aromatic N) is 1. The first-order chi connectivity index (χ1) is 12.6. The normalized spacial score (nSPS) is 10.8. The summed E-state index contributed by atoms with van der Waals surface area (Å²) in [6.45, 7) is 5.98. The number of nitro groups is 1. The van der Waals surface area contributed by atoms with Crippen molar-refractivity contribution >= 4 is 28.9 Å². The number of non-ortho nitro benzene ring substituents is 1. The average Bonchev–Trinajstić information content (AvgIpc) is 2.61. The molecule has 0 saturated carbocycles. The highest BCUT2D eigenvalue weighted by Gasteiger charge is 2.22. The molecule has 0 bridgehead atoms. The van der Waals surface area contributed by atoms with Crippen LogP contribution in [0, 0.1) is 10.1 Å². The van der Waals surface area contributed by atoms with E-state index in [9.17, 15) is 19.7 Å². The molecule has 2 N–H and O–H groups in total. The maximum Gasteiger partial charge on any atom is 0.314 e. The molecule has 0 unspecified atom stereocenters. The molecule has 27 heavy (non-hydrogen) atoms. The largest absolute Gasteiger partial charge is 0.495 e. The van der Waals surface area contributed by atoms with Gasteiger partial charge in [-0.15, -0.1) is 0 Å². The first-order valence-corrected chi connectivity index (χ1v) is 8.17. The molecule has 8 nitrogen and oxygen atoms in total. The fourth-order valence-electron chi connectivity index (χ4n) is 2.51. The van der Waals surface area contributed by atoms with Gasteiger partial charge in [0.1, 0.15) is 5.75 Å². The smallest absolute Gasteiger partial charge is 0.314 e. The van der Waals surface area contributed by atoms with E-state index in [0.29, 0.717) is 5.69 Å². The fraction of sp³-hybridized carbons (Fsp3) is 0.263. The Kier molecular flexibility index (Phi) is 5.79. The number of anilines is 2. The molecule has 0 aliphatic heterocycles. The van der Waals surface area contributed by atoms with Gasteiger partial charge in [-0.1, -0.05) is 39.0 Å². The molecule has 0 radical (unpaired) electrons. The van der Waals surface area contributed by atoms with E-state index in [1.807, 2.05) is 32.9 Å². The van der Waals surface area contributed by atoms with Gasteiger partial charge >= 0.3 is 11.8 Å². The van der Waals surface area contributed by atoms with Crippen LogP contribution in [0.2, 0.25) is 0 Å².